The number of aromatic amines is 2. The average molecular weight is 183 g/mol. The molecule has 4 N–H and O–H groups in total. The van der Waals surface area contributed by atoms with Crippen molar-refractivity contribution in [3.05, 3.63) is 32.6 Å². The van der Waals surface area contributed by atoms with Crippen LogP contribution in [-0.2, 0) is 0 Å². The molecule has 0 aromatic carbocycles. The van der Waals surface area contributed by atoms with Gasteiger partial charge in [-0.25, -0.2) is 4.79 Å². The van der Waals surface area contributed by atoms with Gasteiger partial charge in [-0.05, 0) is 6.42 Å². The van der Waals surface area contributed by atoms with Gasteiger partial charge in [0.15, 0.2) is 0 Å². The Morgan fingerprint density at radius 3 is 2.69 bits per heavy atom. The van der Waals surface area contributed by atoms with Crippen molar-refractivity contribution in [3.63, 3.8) is 0 Å². The van der Waals surface area contributed by atoms with Gasteiger partial charge in [0.2, 0.25) is 0 Å². The van der Waals surface area contributed by atoms with Crippen molar-refractivity contribution >= 4 is 0 Å². The molecule has 5 heteroatoms. The van der Waals surface area contributed by atoms with E-state index in [-0.39, 0.29) is 6.04 Å². The van der Waals surface area contributed by atoms with Gasteiger partial charge in [-0.3, -0.25) is 9.78 Å². The van der Waals surface area contributed by atoms with Crippen molar-refractivity contribution in [3.8, 4) is 0 Å². The molecule has 0 spiro atoms. The molecular formula is C8H13N3O2. The number of nitrogens with one attached hydrogen (secondary N) is 2. The van der Waals surface area contributed by atoms with Crippen molar-refractivity contribution in [2.75, 3.05) is 0 Å². The highest BCUT2D eigenvalue weighted by atomic mass is 16.2. The van der Waals surface area contributed by atoms with Crippen LogP contribution in [0.2, 0.25) is 0 Å². The van der Waals surface area contributed by atoms with E-state index in [0.717, 1.165) is 12.8 Å². The summed E-state index contributed by atoms with van der Waals surface area (Å²) in [5.74, 6) is 0. The number of hydrogen-bond acceptors (Lipinski definition) is 3. The molecule has 0 aliphatic carbocycles. The van der Waals surface area contributed by atoms with Crippen molar-refractivity contribution in [1.82, 2.24) is 9.97 Å². The first-order chi connectivity index (χ1) is 6.13. The molecule has 0 bridgehead atoms. The van der Waals surface area contributed by atoms with Crippen LogP contribution in [0.5, 0.6) is 0 Å². The molecule has 1 unspecified atom stereocenters. The van der Waals surface area contributed by atoms with Crippen LogP contribution in [0.25, 0.3) is 0 Å². The third-order valence-corrected chi connectivity index (χ3v) is 1.78. The van der Waals surface area contributed by atoms with E-state index in [2.05, 4.69) is 9.97 Å². The summed E-state index contributed by atoms with van der Waals surface area (Å²) in [5.41, 5.74) is 5.30. The predicted molar refractivity (Wildman–Crippen MR) is 49.5 cm³/mol. The lowest BCUT2D eigenvalue weighted by atomic mass is 10.1. The van der Waals surface area contributed by atoms with Crippen LogP contribution >= 0.6 is 0 Å². The summed E-state index contributed by atoms with van der Waals surface area (Å²) < 4.78 is 0. The third-order valence-electron chi connectivity index (χ3n) is 1.78. The number of aromatic nitrogens is 2. The Morgan fingerprint density at radius 1 is 1.46 bits per heavy atom. The zero-order valence-corrected chi connectivity index (χ0v) is 7.46. The molecule has 72 valence electrons. The maximum Gasteiger partial charge on any atom is 0.325 e. The van der Waals surface area contributed by atoms with E-state index in [4.69, 9.17) is 5.73 Å². The smallest absolute Gasteiger partial charge is 0.323 e. The maximum atomic E-state index is 10.9. The Kier molecular flexibility index (Phi) is 3.02. The van der Waals surface area contributed by atoms with E-state index in [9.17, 15) is 9.59 Å². The van der Waals surface area contributed by atoms with Crippen molar-refractivity contribution < 1.29 is 0 Å². The van der Waals surface area contributed by atoms with Crippen molar-refractivity contribution in [2.45, 2.75) is 25.8 Å². The lowest BCUT2D eigenvalue weighted by molar-refractivity contribution is 0.615. The fourth-order valence-electron chi connectivity index (χ4n) is 1.15. The molecule has 13 heavy (non-hydrogen) atoms. The minimum Gasteiger partial charge on any atom is -0.323 e. The molecule has 0 fully saturated rings. The summed E-state index contributed by atoms with van der Waals surface area (Å²) in [4.78, 5) is 26.3. The third kappa shape index (κ3) is 2.55. The summed E-state index contributed by atoms with van der Waals surface area (Å²) in [5, 5.41) is 0. The maximum absolute atomic E-state index is 10.9. The van der Waals surface area contributed by atoms with Gasteiger partial charge in [0.25, 0.3) is 5.56 Å². The van der Waals surface area contributed by atoms with Crippen LogP contribution in [-0.4, -0.2) is 9.97 Å². The quantitative estimate of drug-likeness (QED) is 0.609. The molecule has 0 amide bonds. The summed E-state index contributed by atoms with van der Waals surface area (Å²) in [6, 6.07) is 1.06. The second-order valence-electron chi connectivity index (χ2n) is 2.94. The van der Waals surface area contributed by atoms with Crippen LogP contribution in [0.15, 0.2) is 15.7 Å². The molecule has 1 aromatic heterocycles. The van der Waals surface area contributed by atoms with E-state index < -0.39 is 11.2 Å². The monoisotopic (exact) mass is 183 g/mol. The summed E-state index contributed by atoms with van der Waals surface area (Å²) in [6.07, 6.45) is 1.66. The Morgan fingerprint density at radius 2 is 2.15 bits per heavy atom. The predicted octanol–water partition coefficient (Wildman–Crippen LogP) is -0.137. The van der Waals surface area contributed by atoms with Crippen LogP contribution in [0.1, 0.15) is 31.5 Å². The lowest BCUT2D eigenvalue weighted by Gasteiger charge is -2.08. The van der Waals surface area contributed by atoms with Crippen molar-refractivity contribution in [2.24, 2.45) is 5.73 Å². The molecule has 0 radical (unpaired) electrons. The molecule has 0 aliphatic rings. The fraction of sp³-hybridized carbons (Fsp3) is 0.500. The Bertz CT molecular complexity index is 351. The summed E-state index contributed by atoms with van der Waals surface area (Å²) in [6.45, 7) is 1.99. The number of rotatable bonds is 3. The van der Waals surface area contributed by atoms with Crippen LogP contribution in [0, 0.1) is 0 Å². The SMILES string of the molecule is CCCC(N)c1cc(=O)[nH]c(=O)[nH]1. The topological polar surface area (TPSA) is 91.7 Å². The van der Waals surface area contributed by atoms with Gasteiger partial charge >= 0.3 is 5.69 Å². The van der Waals surface area contributed by atoms with Gasteiger partial charge in [-0.2, -0.15) is 0 Å². The molecule has 0 aliphatic heterocycles. The minimum absolute atomic E-state index is 0.264. The highest BCUT2D eigenvalue weighted by Crippen LogP contribution is 2.09. The number of hydrogen-bond donors (Lipinski definition) is 3. The van der Waals surface area contributed by atoms with E-state index in [1.807, 2.05) is 6.92 Å². The normalized spacial score (nSPS) is 12.8. The van der Waals surface area contributed by atoms with E-state index in [1.165, 1.54) is 6.07 Å². The standard InChI is InChI=1S/C8H13N3O2/c1-2-3-5(9)6-4-7(12)11-8(13)10-6/h4-5H,2-3,9H2,1H3,(H2,10,11,12,13). The highest BCUT2D eigenvalue weighted by Gasteiger charge is 2.06. The second kappa shape index (κ2) is 4.04. The average Bonchev–Trinajstić information content (AvgIpc) is 2.03. The molecular weight excluding hydrogens is 170 g/mol. The Hall–Kier alpha value is -1.36. The molecule has 0 saturated carbocycles. The van der Waals surface area contributed by atoms with Gasteiger partial charge in [-0.15, -0.1) is 0 Å². The summed E-state index contributed by atoms with van der Waals surface area (Å²) in [7, 11) is 0. The van der Waals surface area contributed by atoms with Gasteiger partial charge in [0, 0.05) is 17.8 Å². The fourth-order valence-corrected chi connectivity index (χ4v) is 1.15. The van der Waals surface area contributed by atoms with Gasteiger partial charge in [0.05, 0.1) is 0 Å². The first kappa shape index (κ1) is 9.73. The molecule has 1 atom stereocenters. The largest absolute Gasteiger partial charge is 0.325 e. The molecule has 1 heterocycles. The highest BCUT2D eigenvalue weighted by molar-refractivity contribution is 5.03. The van der Waals surface area contributed by atoms with E-state index >= 15 is 0 Å². The lowest BCUT2D eigenvalue weighted by Crippen LogP contribution is -2.26. The van der Waals surface area contributed by atoms with Gasteiger partial charge in [0.1, 0.15) is 0 Å². The van der Waals surface area contributed by atoms with Crippen molar-refractivity contribution in [1.29, 1.82) is 0 Å². The molecule has 1 aromatic rings. The number of H-pyrrole nitrogens is 2. The first-order valence-electron chi connectivity index (χ1n) is 4.22. The van der Waals surface area contributed by atoms with E-state index in [1.54, 1.807) is 0 Å². The van der Waals surface area contributed by atoms with Crippen LogP contribution in [0.3, 0.4) is 0 Å². The second-order valence-corrected chi connectivity index (χ2v) is 2.94. The molecule has 5 nitrogen and oxygen atoms in total. The summed E-state index contributed by atoms with van der Waals surface area (Å²) >= 11 is 0. The van der Waals surface area contributed by atoms with Gasteiger partial charge in [-0.1, -0.05) is 13.3 Å². The van der Waals surface area contributed by atoms with E-state index in [0.29, 0.717) is 5.69 Å². The Labute approximate surface area is 75.0 Å². The molecule has 0 saturated heterocycles. The zero-order chi connectivity index (χ0) is 9.84. The zero-order valence-electron chi connectivity index (χ0n) is 7.46. The molecule has 1 rings (SSSR count). The van der Waals surface area contributed by atoms with Crippen LogP contribution < -0.4 is 17.0 Å². The minimum atomic E-state index is -0.506. The van der Waals surface area contributed by atoms with Crippen LogP contribution in [0.4, 0.5) is 0 Å². The number of nitrogens with two attached hydrogens (primary N) is 1. The van der Waals surface area contributed by atoms with Gasteiger partial charge < -0.3 is 10.7 Å². The first-order valence-corrected chi connectivity index (χ1v) is 4.22. The Balaban J connectivity index is 3.01.